The van der Waals surface area contributed by atoms with Crippen LogP contribution in [0.5, 0.6) is 11.5 Å². The van der Waals surface area contributed by atoms with Crippen LogP contribution < -0.4 is 14.8 Å². The maximum atomic E-state index is 11.6. The lowest BCUT2D eigenvalue weighted by Gasteiger charge is -2.08. The molecule has 1 atom stereocenters. The lowest BCUT2D eigenvalue weighted by Crippen LogP contribution is -2.26. The summed E-state index contributed by atoms with van der Waals surface area (Å²) in [6.07, 6.45) is 1.20. The van der Waals surface area contributed by atoms with Gasteiger partial charge >= 0.3 is 5.97 Å². The molecule has 0 bridgehead atoms. The number of hydrogen-bond acceptors (Lipinski definition) is 7. The van der Waals surface area contributed by atoms with Crippen molar-refractivity contribution in [3.63, 3.8) is 0 Å². The van der Waals surface area contributed by atoms with Crippen molar-refractivity contribution in [3.05, 3.63) is 23.8 Å². The topological polar surface area (TPSA) is 110 Å². The molecule has 2 rings (SSSR count). The van der Waals surface area contributed by atoms with Crippen LogP contribution in [0.2, 0.25) is 0 Å². The lowest BCUT2D eigenvalue weighted by molar-refractivity contribution is -0.138. The van der Waals surface area contributed by atoms with Gasteiger partial charge in [0.05, 0.1) is 26.9 Å². The molecule has 8 nitrogen and oxygen atoms in total. The number of nitrogens with one attached hydrogen (secondary N) is 1. The number of aliphatic carboxylic acids is 1. The lowest BCUT2D eigenvalue weighted by atomic mass is 10.2. The molecule has 1 aliphatic heterocycles. The van der Waals surface area contributed by atoms with Crippen LogP contribution in [0.4, 0.5) is 0 Å². The number of rotatable bonds is 6. The molecule has 0 spiro atoms. The number of methoxy groups -OCH3 is 2. The Morgan fingerprint density at radius 3 is 2.87 bits per heavy atom. The average Bonchev–Trinajstić information content (AvgIpc) is 2.86. The van der Waals surface area contributed by atoms with E-state index in [1.807, 2.05) is 0 Å². The van der Waals surface area contributed by atoms with Crippen molar-refractivity contribution >= 4 is 35.0 Å². The highest BCUT2D eigenvalue weighted by atomic mass is 32.2. The Morgan fingerprint density at radius 1 is 1.43 bits per heavy atom. The number of hydrogen-bond donors (Lipinski definition) is 2. The second-order valence-corrected chi connectivity index (χ2v) is 5.62. The number of para-hydroxylation sites is 1. The van der Waals surface area contributed by atoms with Crippen LogP contribution in [0.1, 0.15) is 12.0 Å². The first-order valence-corrected chi connectivity index (χ1v) is 7.44. The highest BCUT2D eigenvalue weighted by Crippen LogP contribution is 2.29. The zero-order chi connectivity index (χ0) is 16.8. The minimum atomic E-state index is -1.04. The predicted molar refractivity (Wildman–Crippen MR) is 86.3 cm³/mol. The van der Waals surface area contributed by atoms with E-state index in [9.17, 15) is 9.59 Å². The Labute approximate surface area is 136 Å². The Kier molecular flexibility index (Phi) is 5.58. The van der Waals surface area contributed by atoms with E-state index in [1.54, 1.807) is 18.2 Å². The molecule has 0 radical (unpaired) electrons. The Morgan fingerprint density at radius 2 is 2.22 bits per heavy atom. The molecule has 0 aliphatic carbocycles. The number of benzene rings is 1. The van der Waals surface area contributed by atoms with Crippen LogP contribution in [0.3, 0.4) is 0 Å². The molecule has 2 N–H and O–H groups in total. The molecule has 1 amide bonds. The van der Waals surface area contributed by atoms with E-state index < -0.39 is 11.2 Å². The Balaban J connectivity index is 2.10. The highest BCUT2D eigenvalue weighted by Gasteiger charge is 2.32. The average molecular weight is 337 g/mol. The number of amides is 1. The molecule has 9 heteroatoms. The molecule has 122 valence electrons. The fraction of sp³-hybridized carbons (Fsp3) is 0.286. The van der Waals surface area contributed by atoms with Crippen molar-refractivity contribution in [2.75, 3.05) is 14.2 Å². The molecular formula is C14H15N3O5S. The van der Waals surface area contributed by atoms with E-state index in [4.69, 9.17) is 14.6 Å². The first kappa shape index (κ1) is 16.8. The quantitative estimate of drug-likeness (QED) is 0.594. The summed E-state index contributed by atoms with van der Waals surface area (Å²) in [6, 6.07) is 5.31. The number of carbonyl (C=O) groups is 2. The van der Waals surface area contributed by atoms with Crippen LogP contribution in [0.25, 0.3) is 0 Å². The summed E-state index contributed by atoms with van der Waals surface area (Å²) in [4.78, 5) is 22.2. The van der Waals surface area contributed by atoms with Gasteiger partial charge < -0.3 is 19.9 Å². The van der Waals surface area contributed by atoms with Gasteiger partial charge in [0.1, 0.15) is 5.25 Å². The van der Waals surface area contributed by atoms with E-state index in [0.717, 1.165) is 11.8 Å². The first-order chi connectivity index (χ1) is 11.0. The van der Waals surface area contributed by atoms with E-state index in [1.165, 1.54) is 20.4 Å². The number of ether oxygens (including phenoxy) is 2. The van der Waals surface area contributed by atoms with Gasteiger partial charge in [-0.3, -0.25) is 9.59 Å². The smallest absolute Gasteiger partial charge is 0.305 e. The molecule has 0 aromatic heterocycles. The number of carboxylic acids is 1. The van der Waals surface area contributed by atoms with Gasteiger partial charge in [-0.2, -0.15) is 5.10 Å². The van der Waals surface area contributed by atoms with Gasteiger partial charge in [-0.05, 0) is 12.1 Å². The third-order valence-corrected chi connectivity index (χ3v) is 3.99. The molecule has 1 heterocycles. The third kappa shape index (κ3) is 4.22. The zero-order valence-corrected chi connectivity index (χ0v) is 13.3. The molecule has 23 heavy (non-hydrogen) atoms. The third-order valence-electron chi connectivity index (χ3n) is 2.92. The molecule has 1 saturated heterocycles. The van der Waals surface area contributed by atoms with Crippen molar-refractivity contribution in [3.8, 4) is 11.5 Å². The van der Waals surface area contributed by atoms with Gasteiger partial charge in [-0.1, -0.05) is 17.8 Å². The molecule has 0 saturated carbocycles. The Bertz CT molecular complexity index is 674. The maximum absolute atomic E-state index is 11.6. The van der Waals surface area contributed by atoms with Crippen LogP contribution in [0, 0.1) is 0 Å². The van der Waals surface area contributed by atoms with E-state index in [0.29, 0.717) is 17.1 Å². The Hall–Kier alpha value is -2.55. The van der Waals surface area contributed by atoms with Crippen molar-refractivity contribution in [2.24, 2.45) is 10.2 Å². The van der Waals surface area contributed by atoms with Gasteiger partial charge in [0.25, 0.3) is 0 Å². The summed E-state index contributed by atoms with van der Waals surface area (Å²) < 4.78 is 10.4. The summed E-state index contributed by atoms with van der Waals surface area (Å²) in [5, 5.41) is 18.6. The van der Waals surface area contributed by atoms with Crippen LogP contribution in [-0.4, -0.2) is 47.8 Å². The van der Waals surface area contributed by atoms with Gasteiger partial charge in [0.2, 0.25) is 5.91 Å². The number of nitrogens with zero attached hydrogens (tertiary/aromatic N) is 2. The predicted octanol–water partition coefficient (Wildman–Crippen LogP) is 1.10. The van der Waals surface area contributed by atoms with Gasteiger partial charge in [0.15, 0.2) is 16.7 Å². The molecule has 0 unspecified atom stereocenters. The van der Waals surface area contributed by atoms with Gasteiger partial charge in [0, 0.05) is 5.56 Å². The van der Waals surface area contributed by atoms with E-state index >= 15 is 0 Å². The SMILES string of the molecule is COc1cccc(/C=N\N=C2\NC(=O)[C@@H](CC(=O)O)S2)c1OC. The first-order valence-electron chi connectivity index (χ1n) is 6.56. The van der Waals surface area contributed by atoms with Crippen LogP contribution >= 0.6 is 11.8 Å². The highest BCUT2D eigenvalue weighted by molar-refractivity contribution is 8.15. The number of amidine groups is 1. The zero-order valence-electron chi connectivity index (χ0n) is 12.5. The largest absolute Gasteiger partial charge is 0.493 e. The molecule has 1 aliphatic rings. The van der Waals surface area contributed by atoms with Gasteiger partial charge in [-0.15, -0.1) is 5.10 Å². The fourth-order valence-electron chi connectivity index (χ4n) is 1.90. The van der Waals surface area contributed by atoms with Crippen LogP contribution in [0.15, 0.2) is 28.4 Å². The monoisotopic (exact) mass is 337 g/mol. The fourth-order valence-corrected chi connectivity index (χ4v) is 2.82. The van der Waals surface area contributed by atoms with Crippen molar-refractivity contribution in [2.45, 2.75) is 11.7 Å². The summed E-state index contributed by atoms with van der Waals surface area (Å²) >= 11 is 1.04. The summed E-state index contributed by atoms with van der Waals surface area (Å²) in [7, 11) is 3.05. The maximum Gasteiger partial charge on any atom is 0.305 e. The van der Waals surface area contributed by atoms with Crippen molar-refractivity contribution in [1.29, 1.82) is 0 Å². The minimum Gasteiger partial charge on any atom is -0.493 e. The van der Waals surface area contributed by atoms with Crippen molar-refractivity contribution < 1.29 is 24.2 Å². The van der Waals surface area contributed by atoms with Crippen LogP contribution in [-0.2, 0) is 9.59 Å². The van der Waals surface area contributed by atoms with Crippen molar-refractivity contribution in [1.82, 2.24) is 5.32 Å². The number of carbonyl (C=O) groups excluding carboxylic acids is 1. The standard InChI is InChI=1S/C14H15N3O5S/c1-21-9-5-3-4-8(12(9)22-2)7-15-17-14-16-13(20)10(23-14)6-11(18)19/h3-5,7,10H,6H2,1-2H3,(H,18,19)(H,16,17,20)/b15-7-/t10-/m1/s1. The molecule has 1 aromatic carbocycles. The van der Waals surface area contributed by atoms with E-state index in [-0.39, 0.29) is 17.5 Å². The normalized spacial score (nSPS) is 19.1. The molecule has 1 aromatic rings. The summed E-state index contributed by atoms with van der Waals surface area (Å²) in [5.74, 6) is -0.339. The van der Waals surface area contributed by atoms with E-state index in [2.05, 4.69) is 15.5 Å². The second-order valence-electron chi connectivity index (χ2n) is 4.43. The summed E-state index contributed by atoms with van der Waals surface area (Å²) in [5.41, 5.74) is 0.660. The number of carboxylic acid groups (broad SMARTS) is 1. The molecular weight excluding hydrogens is 322 g/mol. The second kappa shape index (κ2) is 7.63. The minimum absolute atomic E-state index is 0.261. The summed E-state index contributed by atoms with van der Waals surface area (Å²) in [6.45, 7) is 0. The van der Waals surface area contributed by atoms with Gasteiger partial charge in [-0.25, -0.2) is 0 Å². The molecule has 1 fully saturated rings. The number of thioether (sulfide) groups is 1.